The van der Waals surface area contributed by atoms with Gasteiger partial charge in [0.15, 0.2) is 0 Å². The quantitative estimate of drug-likeness (QED) is 0.924. The number of rotatable bonds is 3. The van der Waals surface area contributed by atoms with Gasteiger partial charge in [-0.05, 0) is 36.6 Å². The molecule has 2 aromatic rings. The van der Waals surface area contributed by atoms with Gasteiger partial charge in [0.1, 0.15) is 0 Å². The van der Waals surface area contributed by atoms with E-state index in [0.717, 1.165) is 22.1 Å². The summed E-state index contributed by atoms with van der Waals surface area (Å²) in [6.45, 7) is 4.12. The Kier molecular flexibility index (Phi) is 3.66. The lowest BCUT2D eigenvalue weighted by molar-refractivity contribution is 0.0699. The van der Waals surface area contributed by atoms with Crippen LogP contribution in [0.2, 0.25) is 0 Å². The van der Waals surface area contributed by atoms with Gasteiger partial charge in [0.25, 0.3) is 0 Å². The third kappa shape index (κ3) is 2.38. The van der Waals surface area contributed by atoms with Crippen molar-refractivity contribution in [3.63, 3.8) is 0 Å². The van der Waals surface area contributed by atoms with E-state index < -0.39 is 5.97 Å². The van der Waals surface area contributed by atoms with E-state index in [1.54, 1.807) is 12.1 Å². The van der Waals surface area contributed by atoms with Crippen LogP contribution in [-0.4, -0.2) is 16.1 Å². The fourth-order valence-electron chi connectivity index (χ4n) is 1.86. The number of pyridine rings is 1. The molecule has 1 aromatic heterocycles. The smallest absolute Gasteiger partial charge is 0.336 e. The molecule has 1 N–H and O–H groups in total. The molecule has 0 amide bonds. The fraction of sp³-hybridized carbons (Fsp3) is 0.286. The van der Waals surface area contributed by atoms with E-state index in [9.17, 15) is 9.90 Å². The predicted octanol–water partition coefficient (Wildman–Crippen LogP) is 4.21. The van der Waals surface area contributed by atoms with Crippen LogP contribution in [0.4, 0.5) is 0 Å². The number of fused-ring (bicyclic) bond motifs is 1. The van der Waals surface area contributed by atoms with Gasteiger partial charge in [0, 0.05) is 15.6 Å². The maximum absolute atomic E-state index is 11.3. The van der Waals surface area contributed by atoms with Crippen molar-refractivity contribution in [2.45, 2.75) is 26.2 Å². The lowest BCUT2D eigenvalue weighted by Gasteiger charge is -2.11. The third-order valence-electron chi connectivity index (χ3n) is 3.14. The first-order valence-electron chi connectivity index (χ1n) is 5.86. The van der Waals surface area contributed by atoms with Crippen molar-refractivity contribution in [2.75, 3.05) is 0 Å². The lowest BCUT2D eigenvalue weighted by Crippen LogP contribution is -2.04. The highest BCUT2D eigenvalue weighted by Crippen LogP contribution is 2.26. The molecule has 0 saturated carbocycles. The molecule has 94 valence electrons. The zero-order valence-corrected chi connectivity index (χ0v) is 11.9. The van der Waals surface area contributed by atoms with E-state index in [1.807, 2.05) is 12.1 Å². The third-order valence-corrected chi connectivity index (χ3v) is 3.63. The Morgan fingerprint density at radius 1 is 1.44 bits per heavy atom. The largest absolute Gasteiger partial charge is 0.478 e. The Hall–Kier alpha value is -1.42. The van der Waals surface area contributed by atoms with Gasteiger partial charge in [0.2, 0.25) is 0 Å². The van der Waals surface area contributed by atoms with Gasteiger partial charge in [-0.25, -0.2) is 4.79 Å². The van der Waals surface area contributed by atoms with Crippen LogP contribution in [0.25, 0.3) is 10.9 Å². The second-order valence-electron chi connectivity index (χ2n) is 4.37. The van der Waals surface area contributed by atoms with Gasteiger partial charge in [-0.15, -0.1) is 0 Å². The number of hydrogen-bond donors (Lipinski definition) is 1. The fourth-order valence-corrected chi connectivity index (χ4v) is 2.22. The monoisotopic (exact) mass is 307 g/mol. The van der Waals surface area contributed by atoms with Crippen LogP contribution in [0.3, 0.4) is 0 Å². The van der Waals surface area contributed by atoms with E-state index in [4.69, 9.17) is 0 Å². The molecule has 18 heavy (non-hydrogen) atoms. The standard InChI is InChI=1S/C14H14BrNO2/c1-3-8(2)13-7-11(14(17)18)10-6-9(15)4-5-12(10)16-13/h4-8H,3H2,1-2H3,(H,17,18). The number of hydrogen-bond acceptors (Lipinski definition) is 2. The number of halogens is 1. The van der Waals surface area contributed by atoms with Crippen molar-refractivity contribution in [1.82, 2.24) is 4.98 Å². The van der Waals surface area contributed by atoms with Crippen LogP contribution in [0.15, 0.2) is 28.7 Å². The molecule has 1 unspecified atom stereocenters. The maximum Gasteiger partial charge on any atom is 0.336 e. The number of nitrogens with zero attached hydrogens (tertiary/aromatic N) is 1. The second kappa shape index (κ2) is 5.06. The zero-order valence-electron chi connectivity index (χ0n) is 10.3. The maximum atomic E-state index is 11.3. The minimum absolute atomic E-state index is 0.260. The normalized spacial score (nSPS) is 12.6. The molecule has 0 aliphatic rings. The van der Waals surface area contributed by atoms with Crippen molar-refractivity contribution in [3.05, 3.63) is 40.0 Å². The van der Waals surface area contributed by atoms with E-state index in [0.29, 0.717) is 10.9 Å². The summed E-state index contributed by atoms with van der Waals surface area (Å²) in [6, 6.07) is 7.20. The van der Waals surface area contributed by atoms with Crippen LogP contribution in [-0.2, 0) is 0 Å². The summed E-state index contributed by atoms with van der Waals surface area (Å²) in [4.78, 5) is 15.9. The van der Waals surface area contributed by atoms with Crippen molar-refractivity contribution < 1.29 is 9.90 Å². The van der Waals surface area contributed by atoms with Crippen molar-refractivity contribution in [3.8, 4) is 0 Å². The summed E-state index contributed by atoms with van der Waals surface area (Å²) < 4.78 is 0.857. The Morgan fingerprint density at radius 2 is 2.17 bits per heavy atom. The molecule has 0 bridgehead atoms. The minimum atomic E-state index is -0.912. The van der Waals surface area contributed by atoms with E-state index >= 15 is 0 Å². The first-order valence-corrected chi connectivity index (χ1v) is 6.65. The summed E-state index contributed by atoms with van der Waals surface area (Å²) >= 11 is 3.36. The molecular weight excluding hydrogens is 294 g/mol. The molecule has 3 nitrogen and oxygen atoms in total. The van der Waals surface area contributed by atoms with Crippen LogP contribution >= 0.6 is 15.9 Å². The van der Waals surface area contributed by atoms with Gasteiger partial charge >= 0.3 is 5.97 Å². The Bertz CT molecular complexity index is 610. The van der Waals surface area contributed by atoms with Crippen LogP contribution in [0, 0.1) is 0 Å². The number of carbonyl (C=O) groups is 1. The van der Waals surface area contributed by atoms with Crippen LogP contribution < -0.4 is 0 Å². The summed E-state index contributed by atoms with van der Waals surface area (Å²) in [5, 5.41) is 9.98. The van der Waals surface area contributed by atoms with Crippen molar-refractivity contribution in [1.29, 1.82) is 0 Å². The van der Waals surface area contributed by atoms with E-state index in [-0.39, 0.29) is 5.92 Å². The number of benzene rings is 1. The van der Waals surface area contributed by atoms with E-state index in [2.05, 4.69) is 34.8 Å². The molecule has 0 saturated heterocycles. The molecule has 1 atom stereocenters. The Labute approximate surface area is 114 Å². The number of aromatic nitrogens is 1. The number of aromatic carboxylic acids is 1. The second-order valence-corrected chi connectivity index (χ2v) is 5.29. The van der Waals surface area contributed by atoms with Crippen molar-refractivity contribution >= 4 is 32.8 Å². The van der Waals surface area contributed by atoms with E-state index in [1.165, 1.54) is 0 Å². The SMILES string of the molecule is CCC(C)c1cc(C(=O)O)c2cc(Br)ccc2n1. The molecule has 0 radical (unpaired) electrons. The highest BCUT2D eigenvalue weighted by atomic mass is 79.9. The first-order chi connectivity index (χ1) is 8.52. The van der Waals surface area contributed by atoms with Gasteiger partial charge in [-0.2, -0.15) is 0 Å². The first kappa shape index (κ1) is 13.0. The predicted molar refractivity (Wildman–Crippen MR) is 75.1 cm³/mol. The zero-order chi connectivity index (χ0) is 13.3. The molecule has 0 aliphatic heterocycles. The van der Waals surface area contributed by atoms with Crippen LogP contribution in [0.1, 0.15) is 42.2 Å². The summed E-state index contributed by atoms with van der Waals surface area (Å²) in [7, 11) is 0. The van der Waals surface area contributed by atoms with Crippen molar-refractivity contribution in [2.24, 2.45) is 0 Å². The van der Waals surface area contributed by atoms with Crippen LogP contribution in [0.5, 0.6) is 0 Å². The molecule has 0 aliphatic carbocycles. The average molecular weight is 308 g/mol. The topological polar surface area (TPSA) is 50.2 Å². The molecule has 0 fully saturated rings. The number of carboxylic acids is 1. The minimum Gasteiger partial charge on any atom is -0.478 e. The summed E-state index contributed by atoms with van der Waals surface area (Å²) in [5.41, 5.74) is 1.88. The molecule has 1 aromatic carbocycles. The molecule has 1 heterocycles. The van der Waals surface area contributed by atoms with Gasteiger partial charge in [0.05, 0.1) is 11.1 Å². The van der Waals surface area contributed by atoms with Gasteiger partial charge in [-0.1, -0.05) is 29.8 Å². The highest BCUT2D eigenvalue weighted by molar-refractivity contribution is 9.10. The Morgan fingerprint density at radius 3 is 2.78 bits per heavy atom. The molecule has 2 rings (SSSR count). The number of carboxylic acid groups (broad SMARTS) is 1. The Balaban J connectivity index is 2.74. The van der Waals surface area contributed by atoms with Gasteiger partial charge in [-0.3, -0.25) is 4.98 Å². The molecule has 0 spiro atoms. The molecule has 4 heteroatoms. The average Bonchev–Trinajstić information content (AvgIpc) is 2.36. The lowest BCUT2D eigenvalue weighted by atomic mass is 10.00. The summed E-state index contributed by atoms with van der Waals surface area (Å²) in [5.74, 6) is -0.652. The molecular formula is C14H14BrNO2. The highest BCUT2D eigenvalue weighted by Gasteiger charge is 2.14. The van der Waals surface area contributed by atoms with Gasteiger partial charge < -0.3 is 5.11 Å². The summed E-state index contributed by atoms with van der Waals surface area (Å²) in [6.07, 6.45) is 0.939.